The van der Waals surface area contributed by atoms with Gasteiger partial charge >= 0.3 is 0 Å². The summed E-state index contributed by atoms with van der Waals surface area (Å²) in [6, 6.07) is 0.133. The van der Waals surface area contributed by atoms with E-state index in [2.05, 4.69) is 5.32 Å². The number of nitrogens with one attached hydrogen (secondary N) is 1. The average molecular weight is 318 g/mol. The molecule has 1 heterocycles. The monoisotopic (exact) mass is 317 g/mol. The fraction of sp³-hybridized carbons (Fsp3) is 0.867. The lowest BCUT2D eigenvalue weighted by molar-refractivity contribution is -0.129. The van der Waals surface area contributed by atoms with Crippen LogP contribution in [0.25, 0.3) is 0 Å². The molecule has 1 saturated carbocycles. The van der Waals surface area contributed by atoms with Crippen LogP contribution in [-0.2, 0) is 9.59 Å². The third-order valence-corrected chi connectivity index (χ3v) is 4.70. The first-order chi connectivity index (χ1) is 9.31. The Hall–Kier alpha value is -0.810. The molecule has 2 fully saturated rings. The van der Waals surface area contributed by atoms with Gasteiger partial charge in [0.15, 0.2) is 0 Å². The molecule has 3 N–H and O–H groups in total. The minimum absolute atomic E-state index is 0. The van der Waals surface area contributed by atoms with E-state index in [1.165, 1.54) is 0 Å². The second-order valence-electron chi connectivity index (χ2n) is 6.85. The second-order valence-corrected chi connectivity index (χ2v) is 6.85. The largest absolute Gasteiger partial charge is 0.351 e. The average Bonchev–Trinajstić information content (AvgIpc) is 2.69. The molecule has 21 heavy (non-hydrogen) atoms. The van der Waals surface area contributed by atoms with Crippen molar-refractivity contribution in [3.05, 3.63) is 0 Å². The van der Waals surface area contributed by atoms with Crippen LogP contribution in [0.5, 0.6) is 0 Å². The molecule has 2 aliphatic rings. The third kappa shape index (κ3) is 4.10. The molecule has 0 aromatic heterocycles. The van der Waals surface area contributed by atoms with Crippen LogP contribution in [0, 0.1) is 5.92 Å². The molecule has 5 nitrogen and oxygen atoms in total. The van der Waals surface area contributed by atoms with Gasteiger partial charge in [-0.15, -0.1) is 12.4 Å². The first kappa shape index (κ1) is 18.2. The Morgan fingerprint density at radius 3 is 2.62 bits per heavy atom. The fourth-order valence-electron chi connectivity index (χ4n) is 3.42. The Morgan fingerprint density at radius 1 is 1.43 bits per heavy atom. The molecule has 1 aliphatic heterocycles. The minimum Gasteiger partial charge on any atom is -0.351 e. The van der Waals surface area contributed by atoms with Crippen LogP contribution in [-0.4, -0.2) is 40.9 Å². The van der Waals surface area contributed by atoms with Gasteiger partial charge in [-0.2, -0.15) is 0 Å². The molecule has 2 rings (SSSR count). The summed E-state index contributed by atoms with van der Waals surface area (Å²) < 4.78 is 0. The Kier molecular flexibility index (Phi) is 6.05. The zero-order valence-electron chi connectivity index (χ0n) is 13.2. The van der Waals surface area contributed by atoms with Gasteiger partial charge in [0.2, 0.25) is 11.8 Å². The molecule has 1 saturated heterocycles. The molecule has 0 radical (unpaired) electrons. The van der Waals surface area contributed by atoms with Gasteiger partial charge in [0.25, 0.3) is 0 Å². The molecule has 3 unspecified atom stereocenters. The number of amides is 2. The van der Waals surface area contributed by atoms with Gasteiger partial charge in [-0.1, -0.05) is 12.8 Å². The second kappa shape index (κ2) is 6.97. The summed E-state index contributed by atoms with van der Waals surface area (Å²) in [4.78, 5) is 26.1. The lowest BCUT2D eigenvalue weighted by atomic mass is 9.74. The van der Waals surface area contributed by atoms with Gasteiger partial charge < -0.3 is 16.0 Å². The van der Waals surface area contributed by atoms with E-state index in [0.717, 1.165) is 25.7 Å². The predicted molar refractivity (Wildman–Crippen MR) is 85.2 cm³/mol. The van der Waals surface area contributed by atoms with E-state index in [1.54, 1.807) is 0 Å². The molecule has 3 atom stereocenters. The molecule has 2 amide bonds. The van der Waals surface area contributed by atoms with E-state index in [9.17, 15) is 9.59 Å². The normalized spacial score (nSPS) is 33.0. The van der Waals surface area contributed by atoms with Crippen LogP contribution in [0.3, 0.4) is 0 Å². The van der Waals surface area contributed by atoms with Crippen molar-refractivity contribution in [2.75, 3.05) is 6.54 Å². The van der Waals surface area contributed by atoms with Crippen molar-refractivity contribution in [3.63, 3.8) is 0 Å². The van der Waals surface area contributed by atoms with Crippen molar-refractivity contribution >= 4 is 24.2 Å². The van der Waals surface area contributed by atoms with Gasteiger partial charge in [-0.3, -0.25) is 9.59 Å². The predicted octanol–water partition coefficient (Wildman–Crippen LogP) is 1.44. The number of likely N-dealkylation sites (tertiary alicyclic amines) is 1. The highest BCUT2D eigenvalue weighted by Gasteiger charge is 2.40. The number of hydrogen-bond donors (Lipinski definition) is 2. The van der Waals surface area contributed by atoms with Gasteiger partial charge in [0, 0.05) is 24.5 Å². The van der Waals surface area contributed by atoms with E-state index in [1.807, 2.05) is 25.7 Å². The summed E-state index contributed by atoms with van der Waals surface area (Å²) in [6.45, 7) is 6.59. The maximum atomic E-state index is 12.4. The molecular formula is C15H28ClN3O2. The smallest absolute Gasteiger partial charge is 0.225 e. The number of halogens is 1. The first-order valence-electron chi connectivity index (χ1n) is 7.70. The summed E-state index contributed by atoms with van der Waals surface area (Å²) >= 11 is 0. The van der Waals surface area contributed by atoms with Crippen LogP contribution in [0.15, 0.2) is 0 Å². The molecular weight excluding hydrogens is 290 g/mol. The topological polar surface area (TPSA) is 75.4 Å². The maximum Gasteiger partial charge on any atom is 0.225 e. The van der Waals surface area contributed by atoms with Gasteiger partial charge in [-0.25, -0.2) is 0 Å². The lowest BCUT2D eigenvalue weighted by Crippen LogP contribution is -2.54. The zero-order chi connectivity index (χ0) is 14.9. The van der Waals surface area contributed by atoms with E-state index >= 15 is 0 Å². The SMILES string of the molecule is CC(C)N1CC(NC(=O)C2CCCCC2(C)N)CC1=O.Cl. The highest BCUT2D eigenvalue weighted by atomic mass is 35.5. The Balaban J connectivity index is 0.00000220. The lowest BCUT2D eigenvalue weighted by Gasteiger charge is -2.37. The van der Waals surface area contributed by atoms with Crippen LogP contribution < -0.4 is 11.1 Å². The van der Waals surface area contributed by atoms with Crippen molar-refractivity contribution in [2.24, 2.45) is 11.7 Å². The van der Waals surface area contributed by atoms with Crippen LogP contribution in [0.1, 0.15) is 52.9 Å². The van der Waals surface area contributed by atoms with Crippen molar-refractivity contribution in [3.8, 4) is 0 Å². The van der Waals surface area contributed by atoms with E-state index in [0.29, 0.717) is 13.0 Å². The number of carbonyl (C=O) groups is 2. The van der Waals surface area contributed by atoms with Crippen molar-refractivity contribution in [1.82, 2.24) is 10.2 Å². The van der Waals surface area contributed by atoms with Crippen molar-refractivity contribution in [1.29, 1.82) is 0 Å². The fourth-order valence-corrected chi connectivity index (χ4v) is 3.42. The van der Waals surface area contributed by atoms with Crippen LogP contribution in [0.4, 0.5) is 0 Å². The summed E-state index contributed by atoms with van der Waals surface area (Å²) in [6.07, 6.45) is 4.32. The number of hydrogen-bond acceptors (Lipinski definition) is 3. The highest BCUT2D eigenvalue weighted by Crippen LogP contribution is 2.32. The van der Waals surface area contributed by atoms with E-state index in [-0.39, 0.29) is 42.2 Å². The summed E-state index contributed by atoms with van der Waals surface area (Å²) in [7, 11) is 0. The first-order valence-corrected chi connectivity index (χ1v) is 7.70. The van der Waals surface area contributed by atoms with Gasteiger partial charge in [0.1, 0.15) is 0 Å². The third-order valence-electron chi connectivity index (χ3n) is 4.70. The van der Waals surface area contributed by atoms with Crippen LogP contribution >= 0.6 is 12.4 Å². The van der Waals surface area contributed by atoms with Gasteiger partial charge in [-0.05, 0) is 33.6 Å². The van der Waals surface area contributed by atoms with Crippen LogP contribution in [0.2, 0.25) is 0 Å². The van der Waals surface area contributed by atoms with E-state index < -0.39 is 5.54 Å². The van der Waals surface area contributed by atoms with E-state index in [4.69, 9.17) is 5.73 Å². The molecule has 6 heteroatoms. The van der Waals surface area contributed by atoms with Crippen molar-refractivity contribution < 1.29 is 9.59 Å². The van der Waals surface area contributed by atoms with Crippen molar-refractivity contribution in [2.45, 2.75) is 70.5 Å². The number of nitrogens with two attached hydrogens (primary N) is 1. The summed E-state index contributed by atoms with van der Waals surface area (Å²) in [5.74, 6) is 0.0296. The molecule has 0 bridgehead atoms. The maximum absolute atomic E-state index is 12.4. The minimum atomic E-state index is -0.414. The summed E-state index contributed by atoms with van der Waals surface area (Å²) in [5, 5.41) is 3.04. The highest BCUT2D eigenvalue weighted by molar-refractivity contribution is 5.85. The Morgan fingerprint density at radius 2 is 2.10 bits per heavy atom. The molecule has 0 aromatic carbocycles. The quantitative estimate of drug-likeness (QED) is 0.827. The molecule has 0 spiro atoms. The number of rotatable bonds is 3. The Labute approximate surface area is 133 Å². The zero-order valence-corrected chi connectivity index (χ0v) is 14.0. The molecule has 0 aromatic rings. The number of nitrogens with zero attached hydrogens (tertiary/aromatic N) is 1. The van der Waals surface area contributed by atoms with Gasteiger partial charge in [0.05, 0.1) is 12.0 Å². The Bertz CT molecular complexity index is 398. The molecule has 122 valence electrons. The summed E-state index contributed by atoms with van der Waals surface area (Å²) in [5.41, 5.74) is 5.85. The molecule has 1 aliphatic carbocycles. The standard InChI is InChI=1S/C15H27N3O2.ClH/c1-10(2)18-9-11(8-13(18)19)17-14(20)12-6-4-5-7-15(12,3)16;/h10-12H,4-9,16H2,1-3H3,(H,17,20);1H. The number of carbonyl (C=O) groups excluding carboxylic acids is 2.